The van der Waals surface area contributed by atoms with Gasteiger partial charge in [0.25, 0.3) is 0 Å². The van der Waals surface area contributed by atoms with Crippen molar-refractivity contribution in [3.05, 3.63) is 65.9 Å². The first kappa shape index (κ1) is 16.3. The van der Waals surface area contributed by atoms with Gasteiger partial charge in [-0.25, -0.2) is 4.39 Å². The number of ether oxygens (including phenoxy) is 1. The van der Waals surface area contributed by atoms with E-state index in [1.807, 2.05) is 18.2 Å². The monoisotopic (exact) mass is 376 g/mol. The maximum atomic E-state index is 14.7. The van der Waals surface area contributed by atoms with Crippen molar-refractivity contribution in [2.75, 3.05) is 0 Å². The Morgan fingerprint density at radius 2 is 2.07 bits per heavy atom. The van der Waals surface area contributed by atoms with Crippen LogP contribution in [0.3, 0.4) is 0 Å². The van der Waals surface area contributed by atoms with Crippen LogP contribution in [0, 0.1) is 12.7 Å². The van der Waals surface area contributed by atoms with Crippen LogP contribution in [-0.4, -0.2) is 30.0 Å². The van der Waals surface area contributed by atoms with Crippen LogP contribution in [0.25, 0.3) is 27.9 Å². The number of fused-ring (bicyclic) bond motifs is 3. The van der Waals surface area contributed by atoms with Crippen molar-refractivity contribution in [2.45, 2.75) is 13.5 Å². The van der Waals surface area contributed by atoms with Crippen molar-refractivity contribution < 1.29 is 13.7 Å². The van der Waals surface area contributed by atoms with E-state index in [2.05, 4.69) is 25.4 Å². The number of hydrogen-bond acceptors (Lipinski definition) is 7. The van der Waals surface area contributed by atoms with Gasteiger partial charge in [0.2, 0.25) is 11.7 Å². The lowest BCUT2D eigenvalue weighted by Crippen LogP contribution is -2.05. The first-order valence-corrected chi connectivity index (χ1v) is 8.51. The molecule has 5 aromatic rings. The second-order valence-electron chi connectivity index (χ2n) is 6.16. The summed E-state index contributed by atoms with van der Waals surface area (Å²) in [6.45, 7) is 1.95. The molecule has 9 heteroatoms. The predicted octanol–water partition coefficient (Wildman–Crippen LogP) is 3.35. The van der Waals surface area contributed by atoms with Crippen molar-refractivity contribution in [2.24, 2.45) is 0 Å². The van der Waals surface area contributed by atoms with E-state index in [1.165, 1.54) is 10.6 Å². The number of aryl methyl sites for hydroxylation is 1. The molecule has 0 radical (unpaired) electrons. The molecule has 4 heterocycles. The molecule has 0 saturated heterocycles. The minimum absolute atomic E-state index is 0.186. The zero-order valence-corrected chi connectivity index (χ0v) is 14.7. The van der Waals surface area contributed by atoms with Gasteiger partial charge in [0.05, 0.1) is 16.5 Å². The minimum atomic E-state index is -0.442. The summed E-state index contributed by atoms with van der Waals surface area (Å²) >= 11 is 0. The van der Waals surface area contributed by atoms with E-state index in [-0.39, 0.29) is 23.5 Å². The Morgan fingerprint density at radius 1 is 1.14 bits per heavy atom. The van der Waals surface area contributed by atoms with Crippen LogP contribution in [0.5, 0.6) is 5.88 Å². The molecule has 0 aliphatic heterocycles. The highest BCUT2D eigenvalue weighted by atomic mass is 19.1. The molecular weight excluding hydrogens is 363 g/mol. The predicted molar refractivity (Wildman–Crippen MR) is 97.0 cm³/mol. The zero-order chi connectivity index (χ0) is 19.1. The molecule has 1 aromatic carbocycles. The smallest absolute Gasteiger partial charge is 0.240 e. The number of hydrogen-bond donors (Lipinski definition) is 0. The summed E-state index contributed by atoms with van der Waals surface area (Å²) in [6.07, 6.45) is 1.68. The topological polar surface area (TPSA) is 91.2 Å². The summed E-state index contributed by atoms with van der Waals surface area (Å²) in [5, 5.41) is 17.5. The lowest BCUT2D eigenvalue weighted by atomic mass is 10.2. The first-order valence-electron chi connectivity index (χ1n) is 8.51. The van der Waals surface area contributed by atoms with Crippen LogP contribution in [0.15, 0.2) is 53.2 Å². The van der Waals surface area contributed by atoms with Crippen molar-refractivity contribution in [1.82, 2.24) is 30.0 Å². The molecule has 0 amide bonds. The molecule has 28 heavy (non-hydrogen) atoms. The van der Waals surface area contributed by atoms with E-state index in [1.54, 1.807) is 31.3 Å². The molecule has 0 atom stereocenters. The van der Waals surface area contributed by atoms with Crippen molar-refractivity contribution in [3.8, 4) is 17.4 Å². The van der Waals surface area contributed by atoms with Crippen molar-refractivity contribution in [3.63, 3.8) is 0 Å². The molecule has 0 unspecified atom stereocenters. The van der Waals surface area contributed by atoms with Gasteiger partial charge in [0.15, 0.2) is 11.3 Å². The van der Waals surface area contributed by atoms with Gasteiger partial charge in [0, 0.05) is 12.3 Å². The van der Waals surface area contributed by atoms with E-state index >= 15 is 0 Å². The molecule has 0 aliphatic carbocycles. The second kappa shape index (κ2) is 6.38. The van der Waals surface area contributed by atoms with Crippen molar-refractivity contribution >= 4 is 16.4 Å². The van der Waals surface area contributed by atoms with Crippen LogP contribution >= 0.6 is 0 Å². The van der Waals surface area contributed by atoms with Gasteiger partial charge in [-0.2, -0.15) is 4.52 Å². The van der Waals surface area contributed by atoms with Gasteiger partial charge in [-0.05, 0) is 31.2 Å². The highest BCUT2D eigenvalue weighted by Gasteiger charge is 2.20. The van der Waals surface area contributed by atoms with Crippen molar-refractivity contribution in [1.29, 1.82) is 0 Å². The number of pyridine rings is 1. The maximum absolute atomic E-state index is 14.7. The highest BCUT2D eigenvalue weighted by molar-refractivity contribution is 5.97. The van der Waals surface area contributed by atoms with Gasteiger partial charge in [0.1, 0.15) is 18.2 Å². The second-order valence-corrected chi connectivity index (χ2v) is 6.16. The zero-order valence-electron chi connectivity index (χ0n) is 14.7. The van der Waals surface area contributed by atoms with Crippen LogP contribution in [-0.2, 0) is 6.61 Å². The fourth-order valence-electron chi connectivity index (χ4n) is 2.97. The van der Waals surface area contributed by atoms with E-state index in [4.69, 9.17) is 9.26 Å². The Morgan fingerprint density at radius 3 is 2.86 bits per heavy atom. The summed E-state index contributed by atoms with van der Waals surface area (Å²) < 4.78 is 27.1. The Kier molecular flexibility index (Phi) is 3.71. The average molecular weight is 376 g/mol. The standard InChI is InChI=1S/C19H13FN6O2/c1-11-9-15(25-28-11)17-22-23-18-16-13(6-4-7-14(16)20)19(24-26(17)18)27-10-12-5-2-3-8-21-12/h2-9H,10H2,1H3. The largest absolute Gasteiger partial charge is 0.470 e. The molecule has 0 fully saturated rings. The third kappa shape index (κ3) is 2.64. The third-order valence-electron chi connectivity index (χ3n) is 4.24. The molecule has 0 N–H and O–H groups in total. The number of aromatic nitrogens is 6. The Bertz CT molecular complexity index is 1300. The molecular formula is C19H13FN6O2. The summed E-state index contributed by atoms with van der Waals surface area (Å²) in [7, 11) is 0. The summed E-state index contributed by atoms with van der Waals surface area (Å²) in [5.74, 6) is 0.752. The highest BCUT2D eigenvalue weighted by Crippen LogP contribution is 2.30. The van der Waals surface area contributed by atoms with Crippen LogP contribution in [0.4, 0.5) is 4.39 Å². The first-order chi connectivity index (χ1) is 13.7. The fraction of sp³-hybridized carbons (Fsp3) is 0.105. The van der Waals surface area contributed by atoms with E-state index in [0.29, 0.717) is 22.7 Å². The van der Waals surface area contributed by atoms with E-state index in [0.717, 1.165) is 5.69 Å². The maximum Gasteiger partial charge on any atom is 0.240 e. The Hall–Kier alpha value is -3.88. The van der Waals surface area contributed by atoms with E-state index < -0.39 is 5.82 Å². The molecule has 0 bridgehead atoms. The number of rotatable bonds is 4. The summed E-state index contributed by atoms with van der Waals surface area (Å²) in [6, 6.07) is 11.9. The number of nitrogens with zero attached hydrogens (tertiary/aromatic N) is 6. The lowest BCUT2D eigenvalue weighted by Gasteiger charge is -2.10. The average Bonchev–Trinajstić information content (AvgIpc) is 3.33. The number of benzene rings is 1. The minimum Gasteiger partial charge on any atom is -0.470 e. The summed E-state index contributed by atoms with van der Waals surface area (Å²) in [4.78, 5) is 4.23. The normalized spacial score (nSPS) is 11.4. The molecule has 138 valence electrons. The molecule has 8 nitrogen and oxygen atoms in total. The lowest BCUT2D eigenvalue weighted by molar-refractivity contribution is 0.289. The van der Waals surface area contributed by atoms with Crippen LogP contribution in [0.2, 0.25) is 0 Å². The third-order valence-corrected chi connectivity index (χ3v) is 4.24. The SMILES string of the molecule is Cc1cc(-c2nnc3c4c(F)cccc4c(OCc4ccccn4)nn23)no1. The van der Waals surface area contributed by atoms with E-state index in [9.17, 15) is 4.39 Å². The summed E-state index contributed by atoms with van der Waals surface area (Å²) in [5.41, 5.74) is 1.45. The van der Waals surface area contributed by atoms with Gasteiger partial charge in [-0.15, -0.1) is 15.3 Å². The number of halogens is 1. The van der Waals surface area contributed by atoms with Gasteiger partial charge < -0.3 is 9.26 Å². The quantitative estimate of drug-likeness (QED) is 0.475. The fourth-order valence-corrected chi connectivity index (χ4v) is 2.97. The Balaban J connectivity index is 1.70. The van der Waals surface area contributed by atoms with Crippen LogP contribution < -0.4 is 4.74 Å². The molecule has 0 spiro atoms. The van der Waals surface area contributed by atoms with Gasteiger partial charge in [-0.3, -0.25) is 4.98 Å². The Labute approximate surface area is 157 Å². The van der Waals surface area contributed by atoms with Gasteiger partial charge in [-0.1, -0.05) is 17.3 Å². The molecule has 5 rings (SSSR count). The molecule has 4 aromatic heterocycles. The van der Waals surface area contributed by atoms with Crippen LogP contribution in [0.1, 0.15) is 11.5 Å². The van der Waals surface area contributed by atoms with Gasteiger partial charge >= 0.3 is 0 Å². The molecule has 0 aliphatic rings. The molecule has 0 saturated carbocycles.